The van der Waals surface area contributed by atoms with Gasteiger partial charge in [0.2, 0.25) is 11.8 Å². The minimum Gasteiger partial charge on any atom is -0.458 e. The molecule has 1 unspecified atom stereocenters. The van der Waals surface area contributed by atoms with Crippen LogP contribution in [-0.4, -0.2) is 23.9 Å². The van der Waals surface area contributed by atoms with Gasteiger partial charge >= 0.3 is 5.97 Å². The third-order valence-electron chi connectivity index (χ3n) is 4.75. The van der Waals surface area contributed by atoms with Crippen LogP contribution < -0.4 is 10.6 Å². The SMILES string of the molecule is CCC(OC(=O)c1cc(NC(C)=O)cc(NC(C)=O)c1)C(C)(C)c1ccccc1. The van der Waals surface area contributed by atoms with E-state index in [1.807, 2.05) is 51.1 Å². The summed E-state index contributed by atoms with van der Waals surface area (Å²) < 4.78 is 5.86. The predicted octanol–water partition coefficient (Wildman–Crippen LogP) is 4.52. The van der Waals surface area contributed by atoms with Crippen molar-refractivity contribution >= 4 is 29.2 Å². The zero-order chi connectivity index (χ0) is 21.6. The normalized spacial score (nSPS) is 12.0. The largest absolute Gasteiger partial charge is 0.458 e. The van der Waals surface area contributed by atoms with Crippen LogP contribution in [0.1, 0.15) is 57.0 Å². The van der Waals surface area contributed by atoms with E-state index < -0.39 is 5.97 Å². The Balaban J connectivity index is 2.31. The molecule has 0 fully saturated rings. The van der Waals surface area contributed by atoms with Crippen molar-refractivity contribution in [1.82, 2.24) is 0 Å². The fourth-order valence-electron chi connectivity index (χ4n) is 3.29. The highest BCUT2D eigenvalue weighted by atomic mass is 16.5. The number of benzene rings is 2. The fraction of sp³-hybridized carbons (Fsp3) is 0.348. The van der Waals surface area contributed by atoms with Crippen LogP contribution in [-0.2, 0) is 19.7 Å². The van der Waals surface area contributed by atoms with Gasteiger partial charge in [-0.1, -0.05) is 51.1 Å². The van der Waals surface area contributed by atoms with Gasteiger partial charge in [-0.3, -0.25) is 9.59 Å². The minimum atomic E-state index is -0.514. The van der Waals surface area contributed by atoms with Crippen molar-refractivity contribution in [2.45, 2.75) is 52.6 Å². The summed E-state index contributed by atoms with van der Waals surface area (Å²) >= 11 is 0. The first-order chi connectivity index (χ1) is 13.6. The van der Waals surface area contributed by atoms with Gasteiger partial charge in [0.25, 0.3) is 0 Å². The number of carbonyl (C=O) groups excluding carboxylic acids is 3. The Morgan fingerprint density at radius 1 is 0.931 bits per heavy atom. The molecule has 0 aliphatic rings. The molecular formula is C23H28N2O4. The highest BCUT2D eigenvalue weighted by Crippen LogP contribution is 2.32. The van der Waals surface area contributed by atoms with Crippen molar-refractivity contribution in [2.24, 2.45) is 0 Å². The maximum Gasteiger partial charge on any atom is 0.338 e. The molecule has 0 heterocycles. The number of esters is 1. The predicted molar refractivity (Wildman–Crippen MR) is 114 cm³/mol. The van der Waals surface area contributed by atoms with Crippen molar-refractivity contribution in [3.63, 3.8) is 0 Å². The van der Waals surface area contributed by atoms with Crippen LogP contribution in [0.25, 0.3) is 0 Å². The summed E-state index contributed by atoms with van der Waals surface area (Å²) in [5.41, 5.74) is 1.76. The first-order valence-electron chi connectivity index (χ1n) is 9.60. The number of ether oxygens (including phenoxy) is 1. The van der Waals surface area contributed by atoms with E-state index in [0.717, 1.165) is 5.56 Å². The highest BCUT2D eigenvalue weighted by molar-refractivity contribution is 5.97. The van der Waals surface area contributed by atoms with Gasteiger partial charge in [-0.25, -0.2) is 4.79 Å². The second kappa shape index (κ2) is 9.37. The lowest BCUT2D eigenvalue weighted by Gasteiger charge is -2.34. The molecule has 154 valence electrons. The molecule has 0 bridgehead atoms. The monoisotopic (exact) mass is 396 g/mol. The van der Waals surface area contributed by atoms with Gasteiger partial charge in [-0.15, -0.1) is 0 Å². The molecule has 1 atom stereocenters. The van der Waals surface area contributed by atoms with Crippen LogP contribution in [0, 0.1) is 0 Å². The molecular weight excluding hydrogens is 368 g/mol. The minimum absolute atomic E-state index is 0.252. The van der Waals surface area contributed by atoms with Crippen LogP contribution in [0.5, 0.6) is 0 Å². The summed E-state index contributed by atoms with van der Waals surface area (Å²) in [5.74, 6) is -1.07. The van der Waals surface area contributed by atoms with E-state index in [4.69, 9.17) is 4.74 Å². The number of hydrogen-bond donors (Lipinski definition) is 2. The van der Waals surface area contributed by atoms with E-state index in [1.165, 1.54) is 26.0 Å². The molecule has 0 spiro atoms. The first-order valence-corrected chi connectivity index (χ1v) is 9.60. The van der Waals surface area contributed by atoms with E-state index in [2.05, 4.69) is 10.6 Å². The average molecular weight is 396 g/mol. The summed E-state index contributed by atoms with van der Waals surface area (Å²) in [7, 11) is 0. The summed E-state index contributed by atoms with van der Waals surface area (Å²) in [6.45, 7) is 8.80. The molecule has 0 aromatic heterocycles. The number of amides is 2. The van der Waals surface area contributed by atoms with Gasteiger partial charge in [0.1, 0.15) is 6.10 Å². The zero-order valence-electron chi connectivity index (χ0n) is 17.5. The topological polar surface area (TPSA) is 84.5 Å². The van der Waals surface area contributed by atoms with Crippen LogP contribution in [0.4, 0.5) is 11.4 Å². The van der Waals surface area contributed by atoms with Gasteiger partial charge in [0.05, 0.1) is 5.56 Å². The van der Waals surface area contributed by atoms with Gasteiger partial charge in [-0.05, 0) is 30.2 Å². The van der Waals surface area contributed by atoms with Crippen molar-refractivity contribution in [2.75, 3.05) is 10.6 Å². The highest BCUT2D eigenvalue weighted by Gasteiger charge is 2.33. The van der Waals surface area contributed by atoms with Gasteiger partial charge in [0, 0.05) is 30.6 Å². The third kappa shape index (κ3) is 5.91. The molecule has 2 aromatic carbocycles. The summed E-state index contributed by atoms with van der Waals surface area (Å²) in [6.07, 6.45) is 0.281. The second-order valence-electron chi connectivity index (χ2n) is 7.55. The van der Waals surface area contributed by atoms with Crippen LogP contribution in [0.15, 0.2) is 48.5 Å². The molecule has 2 aromatic rings. The van der Waals surface area contributed by atoms with E-state index in [9.17, 15) is 14.4 Å². The van der Waals surface area contributed by atoms with Crippen LogP contribution >= 0.6 is 0 Å². The average Bonchev–Trinajstić information content (AvgIpc) is 2.65. The van der Waals surface area contributed by atoms with E-state index in [1.54, 1.807) is 6.07 Å². The van der Waals surface area contributed by atoms with Crippen molar-refractivity contribution < 1.29 is 19.1 Å². The number of carbonyl (C=O) groups is 3. The number of hydrogen-bond acceptors (Lipinski definition) is 4. The zero-order valence-corrected chi connectivity index (χ0v) is 17.5. The Morgan fingerprint density at radius 3 is 1.90 bits per heavy atom. The summed E-state index contributed by atoms with van der Waals surface area (Å²) in [5, 5.41) is 5.28. The third-order valence-corrected chi connectivity index (χ3v) is 4.75. The molecule has 6 heteroatoms. The van der Waals surface area contributed by atoms with Gasteiger partial charge < -0.3 is 15.4 Å². The van der Waals surface area contributed by atoms with E-state index in [-0.39, 0.29) is 28.9 Å². The smallest absolute Gasteiger partial charge is 0.338 e. The Hall–Kier alpha value is -3.15. The van der Waals surface area contributed by atoms with Gasteiger partial charge in [-0.2, -0.15) is 0 Å². The Bertz CT molecular complexity index is 857. The van der Waals surface area contributed by atoms with E-state index in [0.29, 0.717) is 17.8 Å². The summed E-state index contributed by atoms with van der Waals surface area (Å²) in [4.78, 5) is 35.8. The van der Waals surface area contributed by atoms with Crippen LogP contribution in [0.3, 0.4) is 0 Å². The molecule has 0 saturated heterocycles. The first kappa shape index (κ1) is 22.1. The lowest BCUT2D eigenvalue weighted by Crippen LogP contribution is -2.37. The molecule has 0 aliphatic carbocycles. The maximum absolute atomic E-state index is 12.9. The molecule has 2 N–H and O–H groups in total. The lowest BCUT2D eigenvalue weighted by atomic mass is 9.78. The number of anilines is 2. The van der Waals surface area contributed by atoms with Gasteiger partial charge in [0.15, 0.2) is 0 Å². The lowest BCUT2D eigenvalue weighted by molar-refractivity contribution is -0.115. The molecule has 2 amide bonds. The molecule has 0 aliphatic heterocycles. The molecule has 29 heavy (non-hydrogen) atoms. The van der Waals surface area contributed by atoms with E-state index >= 15 is 0 Å². The fourth-order valence-corrected chi connectivity index (χ4v) is 3.29. The number of rotatable bonds is 7. The molecule has 0 radical (unpaired) electrons. The van der Waals surface area contributed by atoms with Crippen molar-refractivity contribution in [3.05, 3.63) is 59.7 Å². The van der Waals surface area contributed by atoms with Crippen molar-refractivity contribution in [3.8, 4) is 0 Å². The molecule has 6 nitrogen and oxygen atoms in total. The molecule has 0 saturated carbocycles. The standard InChI is InChI=1S/C23H28N2O4/c1-6-21(23(4,5)18-10-8-7-9-11-18)29-22(28)17-12-19(24-15(2)26)14-20(13-17)25-16(3)27/h7-14,21H,6H2,1-5H3,(H,24,26)(H,25,27). The second-order valence-corrected chi connectivity index (χ2v) is 7.55. The Kier molecular flexibility index (Phi) is 7.15. The maximum atomic E-state index is 12.9. The number of nitrogens with one attached hydrogen (secondary N) is 2. The van der Waals surface area contributed by atoms with Crippen molar-refractivity contribution in [1.29, 1.82) is 0 Å². The quantitative estimate of drug-likeness (QED) is 0.674. The van der Waals surface area contributed by atoms with Crippen LogP contribution in [0.2, 0.25) is 0 Å². The summed E-state index contributed by atoms with van der Waals surface area (Å²) in [6, 6.07) is 14.6. The Morgan fingerprint density at radius 2 is 1.45 bits per heavy atom. The Labute approximate surface area is 171 Å². The molecule has 2 rings (SSSR count).